The third-order valence-electron chi connectivity index (χ3n) is 3.18. The van der Waals surface area contributed by atoms with Crippen LogP contribution in [-0.4, -0.2) is 30.9 Å². The minimum Gasteiger partial charge on any atom is -0.496 e. The Kier molecular flexibility index (Phi) is 3.83. The molecule has 1 aliphatic carbocycles. The van der Waals surface area contributed by atoms with Crippen molar-refractivity contribution < 1.29 is 19.4 Å². The summed E-state index contributed by atoms with van der Waals surface area (Å²) in [5.41, 5.74) is 0.422. The predicted octanol–water partition coefficient (Wildman–Crippen LogP) is 1.96. The first kappa shape index (κ1) is 13.5. The molecule has 19 heavy (non-hydrogen) atoms. The van der Waals surface area contributed by atoms with E-state index in [1.54, 1.807) is 42.5 Å². The normalized spacial score (nSPS) is 25.3. The lowest BCUT2D eigenvalue weighted by molar-refractivity contribution is -0.162. The zero-order valence-corrected chi connectivity index (χ0v) is 10.9. The van der Waals surface area contributed by atoms with E-state index in [0.29, 0.717) is 11.3 Å². The highest BCUT2D eigenvalue weighted by Gasteiger charge is 2.40. The van der Waals surface area contributed by atoms with Gasteiger partial charge in [0.05, 0.1) is 18.6 Å². The molecule has 0 fully saturated rings. The highest BCUT2D eigenvalue weighted by molar-refractivity contribution is 6.02. The van der Waals surface area contributed by atoms with Gasteiger partial charge in [0.25, 0.3) is 0 Å². The van der Waals surface area contributed by atoms with Crippen molar-refractivity contribution in [3.05, 3.63) is 54.1 Å². The Morgan fingerprint density at radius 3 is 2.68 bits per heavy atom. The number of rotatable bonds is 4. The third-order valence-corrected chi connectivity index (χ3v) is 3.18. The molecular formula is C15H16O4. The van der Waals surface area contributed by atoms with Crippen molar-refractivity contribution in [2.75, 3.05) is 14.2 Å². The first-order valence-electron chi connectivity index (χ1n) is 5.93. The van der Waals surface area contributed by atoms with Crippen LogP contribution in [0.3, 0.4) is 0 Å². The number of aliphatic hydroxyl groups is 1. The number of Topliss-reactive ketones (excluding diaryl/α,β-unsaturated/α-hetero) is 1. The van der Waals surface area contributed by atoms with Crippen LogP contribution in [-0.2, 0) is 4.74 Å². The maximum absolute atomic E-state index is 12.5. The average molecular weight is 260 g/mol. The van der Waals surface area contributed by atoms with E-state index in [1.165, 1.54) is 20.3 Å². The lowest BCUT2D eigenvalue weighted by Gasteiger charge is -2.31. The SMILES string of the molecule is COc1ccccc1C(=O)C1C=CC=CC1(O)OC. The lowest BCUT2D eigenvalue weighted by atomic mass is 9.86. The van der Waals surface area contributed by atoms with E-state index in [2.05, 4.69) is 0 Å². The minimum absolute atomic E-state index is 0.248. The van der Waals surface area contributed by atoms with Crippen LogP contribution in [0.1, 0.15) is 10.4 Å². The van der Waals surface area contributed by atoms with E-state index in [0.717, 1.165) is 0 Å². The fourth-order valence-corrected chi connectivity index (χ4v) is 2.10. The number of methoxy groups -OCH3 is 2. The van der Waals surface area contributed by atoms with Crippen molar-refractivity contribution in [2.24, 2.45) is 5.92 Å². The minimum atomic E-state index is -1.62. The highest BCUT2D eigenvalue weighted by Crippen LogP contribution is 2.31. The standard InChI is InChI=1S/C15H16O4/c1-18-13-9-4-3-7-11(13)14(16)12-8-5-6-10-15(12,17)19-2/h3-10,12,17H,1-2H3. The topological polar surface area (TPSA) is 55.8 Å². The average Bonchev–Trinajstić information content (AvgIpc) is 2.47. The Morgan fingerprint density at radius 2 is 2.00 bits per heavy atom. The molecule has 4 nitrogen and oxygen atoms in total. The van der Waals surface area contributed by atoms with Gasteiger partial charge >= 0.3 is 0 Å². The predicted molar refractivity (Wildman–Crippen MR) is 71.1 cm³/mol. The van der Waals surface area contributed by atoms with E-state index < -0.39 is 11.7 Å². The molecule has 4 heteroatoms. The van der Waals surface area contributed by atoms with Gasteiger partial charge in [-0.25, -0.2) is 0 Å². The maximum atomic E-state index is 12.5. The summed E-state index contributed by atoms with van der Waals surface area (Å²) in [4.78, 5) is 12.5. The summed E-state index contributed by atoms with van der Waals surface area (Å²) in [7, 11) is 2.87. The van der Waals surface area contributed by atoms with Gasteiger partial charge in [-0.1, -0.05) is 30.4 Å². The number of hydrogen-bond acceptors (Lipinski definition) is 4. The molecule has 0 heterocycles. The number of ketones is 1. The molecule has 2 rings (SSSR count). The van der Waals surface area contributed by atoms with E-state index in [1.807, 2.05) is 0 Å². The van der Waals surface area contributed by atoms with E-state index in [4.69, 9.17) is 9.47 Å². The molecule has 1 aliphatic rings. The summed E-state index contributed by atoms with van der Waals surface area (Å²) < 4.78 is 10.2. The lowest BCUT2D eigenvalue weighted by Crippen LogP contribution is -2.42. The molecule has 0 amide bonds. The van der Waals surface area contributed by atoms with Crippen LogP contribution in [0.5, 0.6) is 5.75 Å². The van der Waals surface area contributed by atoms with Gasteiger partial charge < -0.3 is 14.6 Å². The van der Waals surface area contributed by atoms with Crippen molar-refractivity contribution in [1.29, 1.82) is 0 Å². The second kappa shape index (κ2) is 5.38. The molecule has 0 aromatic heterocycles. The number of benzene rings is 1. The largest absolute Gasteiger partial charge is 0.496 e. The van der Waals surface area contributed by atoms with Crippen molar-refractivity contribution in [2.45, 2.75) is 5.79 Å². The summed E-state index contributed by atoms with van der Waals surface area (Å²) in [5, 5.41) is 10.3. The van der Waals surface area contributed by atoms with Gasteiger partial charge in [-0.2, -0.15) is 0 Å². The van der Waals surface area contributed by atoms with Crippen LogP contribution in [0.15, 0.2) is 48.6 Å². The monoisotopic (exact) mass is 260 g/mol. The Morgan fingerprint density at radius 1 is 1.26 bits per heavy atom. The van der Waals surface area contributed by atoms with Crippen LogP contribution in [0.4, 0.5) is 0 Å². The molecule has 2 unspecified atom stereocenters. The van der Waals surface area contributed by atoms with E-state index in [9.17, 15) is 9.90 Å². The zero-order chi connectivity index (χ0) is 13.9. The van der Waals surface area contributed by atoms with E-state index >= 15 is 0 Å². The molecule has 0 spiro atoms. The second-order valence-corrected chi connectivity index (χ2v) is 4.24. The zero-order valence-electron chi connectivity index (χ0n) is 10.9. The van der Waals surface area contributed by atoms with Crippen LogP contribution in [0.2, 0.25) is 0 Å². The molecule has 0 bridgehead atoms. The molecule has 0 aliphatic heterocycles. The number of carbonyl (C=O) groups excluding carboxylic acids is 1. The number of ether oxygens (including phenoxy) is 2. The molecule has 1 aromatic rings. The van der Waals surface area contributed by atoms with Crippen molar-refractivity contribution in [3.8, 4) is 5.75 Å². The van der Waals surface area contributed by atoms with Gasteiger partial charge in [0, 0.05) is 7.11 Å². The smallest absolute Gasteiger partial charge is 0.199 e. The summed E-state index contributed by atoms with van der Waals surface area (Å²) in [5.74, 6) is -2.18. The summed E-state index contributed by atoms with van der Waals surface area (Å²) >= 11 is 0. The van der Waals surface area contributed by atoms with Gasteiger partial charge in [0.15, 0.2) is 11.6 Å². The Hall–Kier alpha value is -1.91. The van der Waals surface area contributed by atoms with Gasteiger partial charge in [-0.05, 0) is 18.2 Å². The molecule has 0 saturated heterocycles. The molecule has 1 aromatic carbocycles. The fraction of sp³-hybridized carbons (Fsp3) is 0.267. The number of hydrogen-bond donors (Lipinski definition) is 1. The van der Waals surface area contributed by atoms with Gasteiger partial charge in [0.2, 0.25) is 0 Å². The first-order chi connectivity index (χ1) is 9.12. The Bertz CT molecular complexity index is 533. The summed E-state index contributed by atoms with van der Waals surface area (Å²) in [6.45, 7) is 0. The van der Waals surface area contributed by atoms with E-state index in [-0.39, 0.29) is 5.78 Å². The molecule has 0 radical (unpaired) electrons. The van der Waals surface area contributed by atoms with Crippen molar-refractivity contribution in [3.63, 3.8) is 0 Å². The van der Waals surface area contributed by atoms with Crippen molar-refractivity contribution in [1.82, 2.24) is 0 Å². The van der Waals surface area contributed by atoms with Gasteiger partial charge in [-0.3, -0.25) is 4.79 Å². The molecule has 0 saturated carbocycles. The van der Waals surface area contributed by atoms with Crippen molar-refractivity contribution >= 4 is 5.78 Å². The Balaban J connectivity index is 2.38. The van der Waals surface area contributed by atoms with Crippen LogP contribution >= 0.6 is 0 Å². The Labute approximate surface area is 112 Å². The number of allylic oxidation sites excluding steroid dienone is 2. The first-order valence-corrected chi connectivity index (χ1v) is 5.93. The third kappa shape index (κ3) is 2.45. The fourth-order valence-electron chi connectivity index (χ4n) is 2.10. The summed E-state index contributed by atoms with van der Waals surface area (Å²) in [6.07, 6.45) is 6.45. The van der Waals surface area contributed by atoms with Gasteiger partial charge in [0.1, 0.15) is 5.75 Å². The number of carbonyl (C=O) groups is 1. The molecular weight excluding hydrogens is 244 g/mol. The molecule has 100 valence electrons. The number of para-hydroxylation sites is 1. The van der Waals surface area contributed by atoms with Crippen LogP contribution in [0, 0.1) is 5.92 Å². The van der Waals surface area contributed by atoms with Gasteiger partial charge in [-0.15, -0.1) is 0 Å². The second-order valence-electron chi connectivity index (χ2n) is 4.24. The summed E-state index contributed by atoms with van der Waals surface area (Å²) in [6, 6.07) is 6.92. The van der Waals surface area contributed by atoms with Crippen LogP contribution in [0.25, 0.3) is 0 Å². The van der Waals surface area contributed by atoms with Crippen LogP contribution < -0.4 is 4.74 Å². The quantitative estimate of drug-likeness (QED) is 0.664. The maximum Gasteiger partial charge on any atom is 0.199 e. The highest BCUT2D eigenvalue weighted by atomic mass is 16.6. The molecule has 1 N–H and O–H groups in total. The molecule has 2 atom stereocenters.